The summed E-state index contributed by atoms with van der Waals surface area (Å²) in [6, 6.07) is 24.5. The Morgan fingerprint density at radius 2 is 1.49 bits per heavy atom. The Bertz CT molecular complexity index is 1410. The van der Waals surface area contributed by atoms with Gasteiger partial charge in [0, 0.05) is 16.3 Å². The first-order valence-electron chi connectivity index (χ1n) is 14.4. The van der Waals surface area contributed by atoms with Crippen molar-refractivity contribution in [2.45, 2.75) is 50.9 Å². The number of ether oxygens (including phenoxy) is 1. The molecule has 4 aliphatic carbocycles. The number of carbonyl (C=O) groups excluding carboxylic acids is 1. The van der Waals surface area contributed by atoms with E-state index in [0.717, 1.165) is 46.0 Å². The second-order valence-electron chi connectivity index (χ2n) is 12.0. The third-order valence-electron chi connectivity index (χ3n) is 9.41. The Morgan fingerprint density at radius 1 is 0.872 bits per heavy atom. The number of rotatable bonds is 6. The van der Waals surface area contributed by atoms with E-state index in [1.165, 1.54) is 44.1 Å². The van der Waals surface area contributed by atoms with Crippen molar-refractivity contribution < 1.29 is 9.53 Å². The predicted octanol–water partition coefficient (Wildman–Crippen LogP) is 8.68. The zero-order valence-corrected chi connectivity index (χ0v) is 23.2. The Hall–Kier alpha value is -3.30. The summed E-state index contributed by atoms with van der Waals surface area (Å²) in [6.45, 7) is 2.60. The lowest BCUT2D eigenvalue weighted by Gasteiger charge is -2.57. The second kappa shape index (κ2) is 9.71. The summed E-state index contributed by atoms with van der Waals surface area (Å²) in [5.74, 6) is 3.54. The molecule has 4 bridgehead atoms. The highest BCUT2D eigenvalue weighted by molar-refractivity contribution is 6.30. The zero-order chi connectivity index (χ0) is 26.6. The minimum absolute atomic E-state index is 0.0172. The van der Waals surface area contributed by atoms with E-state index in [-0.39, 0.29) is 5.91 Å². The van der Waals surface area contributed by atoms with Crippen LogP contribution in [-0.4, -0.2) is 12.5 Å². The smallest absolute Gasteiger partial charge is 0.262 e. The van der Waals surface area contributed by atoms with Crippen LogP contribution in [-0.2, 0) is 10.2 Å². The molecule has 0 N–H and O–H groups in total. The van der Waals surface area contributed by atoms with Gasteiger partial charge in [-0.05, 0) is 134 Å². The highest BCUT2D eigenvalue weighted by atomic mass is 35.5. The summed E-state index contributed by atoms with van der Waals surface area (Å²) in [5.41, 5.74) is 6.19. The number of carbonyl (C=O) groups is 1. The third kappa shape index (κ3) is 4.51. The second-order valence-corrected chi connectivity index (χ2v) is 12.5. The highest BCUT2D eigenvalue weighted by Crippen LogP contribution is 2.60. The van der Waals surface area contributed by atoms with Gasteiger partial charge in [-0.15, -0.1) is 0 Å². The summed E-state index contributed by atoms with van der Waals surface area (Å²) in [7, 11) is 0. The highest BCUT2D eigenvalue weighted by Gasteiger charge is 2.51. The molecule has 0 saturated heterocycles. The molecule has 0 radical (unpaired) electrons. The fourth-order valence-electron chi connectivity index (χ4n) is 8.14. The molecule has 1 aliphatic heterocycles. The van der Waals surface area contributed by atoms with Crippen molar-refractivity contribution in [2.24, 2.45) is 17.8 Å². The average molecular weight is 536 g/mol. The topological polar surface area (TPSA) is 29.5 Å². The van der Waals surface area contributed by atoms with Crippen LogP contribution in [0.2, 0.25) is 5.02 Å². The van der Waals surface area contributed by atoms with Gasteiger partial charge < -0.3 is 4.74 Å². The normalized spacial score (nSPS) is 28.3. The number of anilines is 1. The molecule has 3 nitrogen and oxygen atoms in total. The molecule has 198 valence electrons. The molecule has 5 aliphatic rings. The van der Waals surface area contributed by atoms with Gasteiger partial charge in [0.2, 0.25) is 0 Å². The van der Waals surface area contributed by atoms with Crippen molar-refractivity contribution in [3.63, 3.8) is 0 Å². The Balaban J connectivity index is 1.22. The maximum Gasteiger partial charge on any atom is 0.262 e. The summed E-state index contributed by atoms with van der Waals surface area (Å²) < 4.78 is 5.58. The first-order valence-corrected chi connectivity index (χ1v) is 14.7. The first-order chi connectivity index (χ1) is 19.0. The molecule has 39 heavy (non-hydrogen) atoms. The summed E-state index contributed by atoms with van der Waals surface area (Å²) in [5, 5.41) is 0.681. The van der Waals surface area contributed by atoms with Gasteiger partial charge in [0.05, 0.1) is 12.3 Å². The number of amides is 1. The van der Waals surface area contributed by atoms with Crippen LogP contribution in [0, 0.1) is 17.8 Å². The van der Waals surface area contributed by atoms with Crippen molar-refractivity contribution in [3.8, 4) is 5.75 Å². The number of hydrogen-bond acceptors (Lipinski definition) is 2. The lowest BCUT2D eigenvalue weighted by molar-refractivity contribution is -0.113. The SMILES string of the molecule is CCOc1ccc(/C=C2\C=C(c3ccc(Cl)cc3)N(c3ccc(C45CC6CC(CC(C6)C4)C5)cc3)C2=O)cc1. The molecule has 0 atom stereocenters. The summed E-state index contributed by atoms with van der Waals surface area (Å²) >= 11 is 6.20. The van der Waals surface area contributed by atoms with Gasteiger partial charge in [0.15, 0.2) is 0 Å². The van der Waals surface area contributed by atoms with Crippen LogP contribution in [0.3, 0.4) is 0 Å². The molecule has 8 rings (SSSR count). The largest absolute Gasteiger partial charge is 0.494 e. The molecule has 1 amide bonds. The van der Waals surface area contributed by atoms with Crippen LogP contribution in [0.5, 0.6) is 5.75 Å². The predicted molar refractivity (Wildman–Crippen MR) is 159 cm³/mol. The van der Waals surface area contributed by atoms with Gasteiger partial charge >= 0.3 is 0 Å². The molecular formula is C35H34ClNO2. The van der Waals surface area contributed by atoms with E-state index >= 15 is 0 Å². The molecule has 3 aromatic rings. The van der Waals surface area contributed by atoms with Gasteiger partial charge in [0.1, 0.15) is 5.75 Å². The lowest BCUT2D eigenvalue weighted by atomic mass is 9.48. The van der Waals surface area contributed by atoms with Crippen molar-refractivity contribution in [1.29, 1.82) is 0 Å². The van der Waals surface area contributed by atoms with E-state index in [0.29, 0.717) is 22.6 Å². The van der Waals surface area contributed by atoms with E-state index in [4.69, 9.17) is 16.3 Å². The molecule has 3 aromatic carbocycles. The van der Waals surface area contributed by atoms with Crippen molar-refractivity contribution >= 4 is 35.0 Å². The molecule has 0 aromatic heterocycles. The van der Waals surface area contributed by atoms with E-state index in [1.807, 2.05) is 72.5 Å². The van der Waals surface area contributed by atoms with Crippen LogP contribution in [0.4, 0.5) is 5.69 Å². The van der Waals surface area contributed by atoms with Crippen LogP contribution in [0.15, 0.2) is 84.4 Å². The van der Waals surface area contributed by atoms with Crippen molar-refractivity contribution in [1.82, 2.24) is 0 Å². The number of benzene rings is 3. The molecule has 0 unspecified atom stereocenters. The zero-order valence-electron chi connectivity index (χ0n) is 22.4. The van der Waals surface area contributed by atoms with Crippen molar-refractivity contribution in [3.05, 3.63) is 106 Å². The van der Waals surface area contributed by atoms with E-state index in [1.54, 1.807) is 0 Å². The number of hydrogen-bond donors (Lipinski definition) is 0. The third-order valence-corrected chi connectivity index (χ3v) is 9.66. The molecule has 1 heterocycles. The Labute approximate surface area is 236 Å². The fraction of sp³-hybridized carbons (Fsp3) is 0.343. The summed E-state index contributed by atoms with van der Waals surface area (Å²) in [4.78, 5) is 15.7. The lowest BCUT2D eigenvalue weighted by Crippen LogP contribution is -2.48. The van der Waals surface area contributed by atoms with Crippen LogP contribution < -0.4 is 9.64 Å². The van der Waals surface area contributed by atoms with Gasteiger partial charge in [-0.25, -0.2) is 0 Å². The molecular weight excluding hydrogens is 502 g/mol. The van der Waals surface area contributed by atoms with E-state index < -0.39 is 0 Å². The number of halogens is 1. The fourth-order valence-corrected chi connectivity index (χ4v) is 8.27. The summed E-state index contributed by atoms with van der Waals surface area (Å²) in [6.07, 6.45) is 12.3. The maximum absolute atomic E-state index is 13.9. The quantitative estimate of drug-likeness (QED) is 0.295. The average Bonchev–Trinajstić information content (AvgIpc) is 3.25. The minimum Gasteiger partial charge on any atom is -0.494 e. The van der Waals surface area contributed by atoms with Crippen molar-refractivity contribution in [2.75, 3.05) is 11.5 Å². The molecule has 4 fully saturated rings. The first kappa shape index (κ1) is 24.7. The Morgan fingerprint density at radius 3 is 2.08 bits per heavy atom. The van der Waals surface area contributed by atoms with E-state index in [2.05, 4.69) is 24.3 Å². The number of nitrogens with zero attached hydrogens (tertiary/aromatic N) is 1. The molecule has 0 spiro atoms. The minimum atomic E-state index is -0.0172. The van der Waals surface area contributed by atoms with Crippen LogP contribution >= 0.6 is 11.6 Å². The monoisotopic (exact) mass is 535 g/mol. The van der Waals surface area contributed by atoms with Gasteiger partial charge in [-0.1, -0.05) is 48.0 Å². The van der Waals surface area contributed by atoms with Gasteiger partial charge in [-0.2, -0.15) is 0 Å². The van der Waals surface area contributed by atoms with Gasteiger partial charge in [0.25, 0.3) is 5.91 Å². The molecule has 4 heteroatoms. The van der Waals surface area contributed by atoms with E-state index in [9.17, 15) is 4.79 Å². The maximum atomic E-state index is 13.9. The van der Waals surface area contributed by atoms with Crippen LogP contribution in [0.1, 0.15) is 62.1 Å². The van der Waals surface area contributed by atoms with Gasteiger partial charge in [-0.3, -0.25) is 9.69 Å². The standard InChI is InChI=1S/C35H34ClNO2/c1-2-39-32-13-3-23(4-14-32)18-28-19-33(27-5-9-30(36)10-6-27)37(34(28)38)31-11-7-29(8-12-31)35-20-24-15-25(21-35)17-26(16-24)22-35/h3-14,18-19,24-26H,2,15-17,20-22H2,1H3/b28-18+. The molecule has 4 saturated carbocycles. The Kier molecular flexibility index (Phi) is 6.16. The van der Waals surface area contributed by atoms with Crippen LogP contribution in [0.25, 0.3) is 11.8 Å².